The lowest BCUT2D eigenvalue weighted by molar-refractivity contribution is -0.119. The Morgan fingerprint density at radius 1 is 1.18 bits per heavy atom. The van der Waals surface area contributed by atoms with Gasteiger partial charge in [-0.15, -0.1) is 0 Å². The van der Waals surface area contributed by atoms with Gasteiger partial charge in [0.25, 0.3) is 11.8 Å². The maximum Gasteiger partial charge on any atom is 0.271 e. The van der Waals surface area contributed by atoms with Crippen molar-refractivity contribution in [2.75, 3.05) is 6.61 Å². The molecule has 1 heterocycles. The molecule has 0 unspecified atom stereocenters. The molecule has 2 aromatic rings. The summed E-state index contributed by atoms with van der Waals surface area (Å²) in [6, 6.07) is 10.0. The molecule has 0 radical (unpaired) electrons. The maximum atomic E-state index is 11.7. The molecule has 0 aliphatic rings. The lowest BCUT2D eigenvalue weighted by Gasteiger charge is -2.03. The van der Waals surface area contributed by atoms with Crippen molar-refractivity contribution in [2.45, 2.75) is 0 Å². The van der Waals surface area contributed by atoms with Crippen molar-refractivity contribution in [3.63, 3.8) is 0 Å². The number of ether oxygens (including phenoxy) is 1. The van der Waals surface area contributed by atoms with Crippen LogP contribution in [0.3, 0.4) is 0 Å². The van der Waals surface area contributed by atoms with Crippen molar-refractivity contribution in [3.8, 4) is 5.75 Å². The quantitative estimate of drug-likeness (QED) is 0.605. The number of hydrogen-bond donors (Lipinski definition) is 2. The van der Waals surface area contributed by atoms with Gasteiger partial charge in [0.15, 0.2) is 6.61 Å². The summed E-state index contributed by atoms with van der Waals surface area (Å²) in [7, 11) is 0. The number of benzene rings is 1. The number of rotatable bonds is 6. The van der Waals surface area contributed by atoms with Gasteiger partial charge < -0.3 is 10.5 Å². The fourth-order valence-electron chi connectivity index (χ4n) is 1.54. The predicted molar refractivity (Wildman–Crippen MR) is 80.4 cm³/mol. The Hall–Kier alpha value is -3.22. The SMILES string of the molecule is NC(=O)COc1ccc(/C=N/NC(=O)c2ccncc2)cc1. The third-order valence-electron chi connectivity index (χ3n) is 2.58. The monoisotopic (exact) mass is 298 g/mol. The molecule has 0 saturated heterocycles. The second-order valence-corrected chi connectivity index (χ2v) is 4.26. The van der Waals surface area contributed by atoms with Crippen molar-refractivity contribution in [1.29, 1.82) is 0 Å². The lowest BCUT2D eigenvalue weighted by atomic mass is 10.2. The summed E-state index contributed by atoms with van der Waals surface area (Å²) in [5.74, 6) is -0.332. The van der Waals surface area contributed by atoms with Crippen LogP contribution in [0.5, 0.6) is 5.75 Å². The highest BCUT2D eigenvalue weighted by Gasteiger charge is 2.02. The van der Waals surface area contributed by atoms with Crippen LogP contribution in [0, 0.1) is 0 Å². The van der Waals surface area contributed by atoms with Crippen LogP contribution in [0.1, 0.15) is 15.9 Å². The number of primary amides is 1. The first-order chi connectivity index (χ1) is 10.6. The van der Waals surface area contributed by atoms with Gasteiger partial charge in [-0.05, 0) is 42.0 Å². The molecule has 112 valence electrons. The van der Waals surface area contributed by atoms with Gasteiger partial charge in [0, 0.05) is 18.0 Å². The molecule has 0 saturated carbocycles. The Balaban J connectivity index is 1.88. The Labute approximate surface area is 126 Å². The zero-order valence-corrected chi connectivity index (χ0v) is 11.6. The standard InChI is InChI=1S/C15H14N4O3/c16-14(20)10-22-13-3-1-11(2-4-13)9-18-19-15(21)12-5-7-17-8-6-12/h1-9H,10H2,(H2,16,20)(H,19,21)/b18-9+. The second kappa shape index (κ2) is 7.53. The Bertz CT molecular complexity index is 669. The highest BCUT2D eigenvalue weighted by molar-refractivity contribution is 5.94. The minimum atomic E-state index is -0.538. The fraction of sp³-hybridized carbons (Fsp3) is 0.0667. The minimum Gasteiger partial charge on any atom is -0.484 e. The topological polar surface area (TPSA) is 107 Å². The molecular formula is C15H14N4O3. The van der Waals surface area contributed by atoms with Gasteiger partial charge in [0.1, 0.15) is 5.75 Å². The van der Waals surface area contributed by atoms with E-state index in [1.54, 1.807) is 36.4 Å². The van der Waals surface area contributed by atoms with Crippen LogP contribution in [0.2, 0.25) is 0 Å². The molecule has 0 spiro atoms. The number of amides is 2. The molecule has 1 aromatic carbocycles. The van der Waals surface area contributed by atoms with E-state index in [0.717, 1.165) is 5.56 Å². The molecular weight excluding hydrogens is 284 g/mol. The van der Waals surface area contributed by atoms with Crippen LogP contribution in [0.15, 0.2) is 53.9 Å². The molecule has 0 aliphatic heterocycles. The van der Waals surface area contributed by atoms with E-state index in [-0.39, 0.29) is 12.5 Å². The molecule has 2 amide bonds. The molecule has 0 fully saturated rings. The van der Waals surface area contributed by atoms with Crippen LogP contribution >= 0.6 is 0 Å². The van der Waals surface area contributed by atoms with Gasteiger partial charge in [-0.2, -0.15) is 5.10 Å². The first-order valence-corrected chi connectivity index (χ1v) is 6.40. The minimum absolute atomic E-state index is 0.171. The van der Waals surface area contributed by atoms with E-state index in [2.05, 4.69) is 15.5 Å². The van der Waals surface area contributed by atoms with Crippen molar-refractivity contribution in [1.82, 2.24) is 10.4 Å². The molecule has 2 rings (SSSR count). The van der Waals surface area contributed by atoms with Crippen LogP contribution in [0.25, 0.3) is 0 Å². The summed E-state index contributed by atoms with van der Waals surface area (Å²) < 4.78 is 5.13. The third-order valence-corrected chi connectivity index (χ3v) is 2.58. The van der Waals surface area contributed by atoms with Gasteiger partial charge in [0.05, 0.1) is 6.21 Å². The molecule has 7 nitrogen and oxygen atoms in total. The van der Waals surface area contributed by atoms with Crippen molar-refractivity contribution in [2.24, 2.45) is 10.8 Å². The van der Waals surface area contributed by atoms with Crippen LogP contribution in [-0.2, 0) is 4.79 Å². The van der Waals surface area contributed by atoms with Gasteiger partial charge in [-0.3, -0.25) is 14.6 Å². The number of carbonyl (C=O) groups is 2. The number of pyridine rings is 1. The largest absolute Gasteiger partial charge is 0.484 e. The van der Waals surface area contributed by atoms with Gasteiger partial charge >= 0.3 is 0 Å². The Kier molecular flexibility index (Phi) is 5.20. The van der Waals surface area contributed by atoms with E-state index in [0.29, 0.717) is 11.3 Å². The zero-order chi connectivity index (χ0) is 15.8. The van der Waals surface area contributed by atoms with E-state index in [9.17, 15) is 9.59 Å². The van der Waals surface area contributed by atoms with Crippen molar-refractivity contribution in [3.05, 3.63) is 59.9 Å². The molecule has 0 bridgehead atoms. The Morgan fingerprint density at radius 2 is 1.86 bits per heavy atom. The van der Waals surface area contributed by atoms with Crippen molar-refractivity contribution >= 4 is 18.0 Å². The third kappa shape index (κ3) is 4.71. The molecule has 0 atom stereocenters. The number of hydrazone groups is 1. The highest BCUT2D eigenvalue weighted by atomic mass is 16.5. The van der Waals surface area contributed by atoms with Crippen LogP contribution < -0.4 is 15.9 Å². The number of nitrogens with one attached hydrogen (secondary N) is 1. The van der Waals surface area contributed by atoms with Gasteiger partial charge in [-0.25, -0.2) is 5.43 Å². The predicted octanol–water partition coefficient (Wildman–Crippen LogP) is 0.710. The number of nitrogens with zero attached hydrogens (tertiary/aromatic N) is 2. The van der Waals surface area contributed by atoms with E-state index < -0.39 is 5.91 Å². The summed E-state index contributed by atoms with van der Waals surface area (Å²) in [6.45, 7) is -0.171. The second-order valence-electron chi connectivity index (χ2n) is 4.26. The number of carbonyl (C=O) groups excluding carboxylic acids is 2. The Morgan fingerprint density at radius 3 is 2.50 bits per heavy atom. The first-order valence-electron chi connectivity index (χ1n) is 6.40. The number of hydrogen-bond acceptors (Lipinski definition) is 5. The summed E-state index contributed by atoms with van der Waals surface area (Å²) in [6.07, 6.45) is 4.56. The van der Waals surface area contributed by atoms with Crippen LogP contribution in [-0.4, -0.2) is 29.6 Å². The van der Waals surface area contributed by atoms with Gasteiger partial charge in [-0.1, -0.05) is 0 Å². The molecule has 7 heteroatoms. The summed E-state index contributed by atoms with van der Waals surface area (Å²) in [5.41, 5.74) is 8.64. The lowest BCUT2D eigenvalue weighted by Crippen LogP contribution is -2.20. The normalized spacial score (nSPS) is 10.4. The molecule has 22 heavy (non-hydrogen) atoms. The van der Waals surface area contributed by atoms with E-state index >= 15 is 0 Å². The molecule has 1 aromatic heterocycles. The highest BCUT2D eigenvalue weighted by Crippen LogP contribution is 2.10. The summed E-state index contributed by atoms with van der Waals surface area (Å²) in [4.78, 5) is 26.1. The number of aromatic nitrogens is 1. The smallest absolute Gasteiger partial charge is 0.271 e. The maximum absolute atomic E-state index is 11.7. The van der Waals surface area contributed by atoms with Crippen LogP contribution in [0.4, 0.5) is 0 Å². The van der Waals surface area contributed by atoms with Crippen molar-refractivity contribution < 1.29 is 14.3 Å². The first kappa shape index (κ1) is 15.2. The van der Waals surface area contributed by atoms with E-state index in [1.807, 2.05) is 0 Å². The summed E-state index contributed by atoms with van der Waals surface area (Å²) in [5, 5.41) is 3.86. The molecule has 0 aliphatic carbocycles. The van der Waals surface area contributed by atoms with E-state index in [1.165, 1.54) is 18.6 Å². The fourth-order valence-corrected chi connectivity index (χ4v) is 1.54. The number of nitrogens with two attached hydrogens (primary N) is 1. The average Bonchev–Trinajstić information content (AvgIpc) is 2.55. The zero-order valence-electron chi connectivity index (χ0n) is 11.6. The van der Waals surface area contributed by atoms with E-state index in [4.69, 9.17) is 10.5 Å². The van der Waals surface area contributed by atoms with Gasteiger partial charge in [0.2, 0.25) is 0 Å². The molecule has 3 N–H and O–H groups in total. The average molecular weight is 298 g/mol. The summed E-state index contributed by atoms with van der Waals surface area (Å²) >= 11 is 0.